The highest BCUT2D eigenvalue weighted by atomic mass is 32.2. The van der Waals surface area contributed by atoms with Crippen molar-refractivity contribution in [3.05, 3.63) is 36.3 Å². The summed E-state index contributed by atoms with van der Waals surface area (Å²) in [5.74, 6) is 0.113. The van der Waals surface area contributed by atoms with Crippen molar-refractivity contribution < 1.29 is 8.42 Å². The number of aromatic nitrogens is 4. The summed E-state index contributed by atoms with van der Waals surface area (Å²) in [5, 5.41) is 24.9. The lowest BCUT2D eigenvalue weighted by atomic mass is 10.3. The van der Waals surface area contributed by atoms with Gasteiger partial charge in [-0.25, -0.2) is 13.1 Å². The molecule has 22 heavy (non-hydrogen) atoms. The van der Waals surface area contributed by atoms with E-state index in [1.165, 1.54) is 12.3 Å². The molecule has 0 radical (unpaired) electrons. The molecule has 2 aromatic rings. The molecule has 3 N–H and O–H groups in total. The van der Waals surface area contributed by atoms with Crippen LogP contribution in [0, 0.1) is 11.3 Å². The van der Waals surface area contributed by atoms with Gasteiger partial charge in [0.25, 0.3) is 0 Å². The Morgan fingerprint density at radius 3 is 2.86 bits per heavy atom. The van der Waals surface area contributed by atoms with Gasteiger partial charge in [-0.3, -0.25) is 0 Å². The Morgan fingerprint density at radius 2 is 2.23 bits per heavy atom. The Labute approximate surface area is 127 Å². The number of aromatic amines is 1. The quantitative estimate of drug-likeness (QED) is 0.658. The maximum atomic E-state index is 12.1. The third-order valence-corrected chi connectivity index (χ3v) is 4.19. The van der Waals surface area contributed by atoms with Gasteiger partial charge in [0, 0.05) is 12.7 Å². The molecule has 114 valence electrons. The number of anilines is 1. The molecule has 0 amide bonds. The van der Waals surface area contributed by atoms with Crippen molar-refractivity contribution in [2.45, 2.75) is 11.8 Å². The predicted molar refractivity (Wildman–Crippen MR) is 78.7 cm³/mol. The number of hydrogen-bond donors (Lipinski definition) is 3. The first-order valence-corrected chi connectivity index (χ1v) is 7.76. The Hall–Kier alpha value is -2.77. The number of nitriles is 1. The number of nitrogens with one attached hydrogen (secondary N) is 3. The van der Waals surface area contributed by atoms with E-state index in [9.17, 15) is 8.42 Å². The van der Waals surface area contributed by atoms with Gasteiger partial charge in [-0.15, -0.1) is 10.2 Å². The maximum Gasteiger partial charge on any atom is 0.242 e. The fourth-order valence-corrected chi connectivity index (χ4v) is 2.87. The van der Waals surface area contributed by atoms with E-state index in [1.807, 2.05) is 6.07 Å². The van der Waals surface area contributed by atoms with Crippen molar-refractivity contribution in [3.63, 3.8) is 0 Å². The zero-order valence-electron chi connectivity index (χ0n) is 11.6. The third kappa shape index (κ3) is 3.46. The van der Waals surface area contributed by atoms with Crippen LogP contribution in [0.25, 0.3) is 5.57 Å². The Balaban J connectivity index is 2.33. The van der Waals surface area contributed by atoms with E-state index in [0.717, 1.165) is 0 Å². The average Bonchev–Trinajstić information content (AvgIpc) is 3.02. The molecule has 0 saturated heterocycles. The van der Waals surface area contributed by atoms with Crippen molar-refractivity contribution in [1.82, 2.24) is 25.3 Å². The highest BCUT2D eigenvalue weighted by molar-refractivity contribution is 7.89. The zero-order chi connectivity index (χ0) is 16.0. The number of allylic oxidation sites excluding steroid dienone is 1. The number of hydrogen-bond acceptors (Lipinski definition) is 7. The maximum absolute atomic E-state index is 12.1. The molecule has 9 nitrogen and oxygen atoms in total. The van der Waals surface area contributed by atoms with E-state index in [2.05, 4.69) is 30.7 Å². The van der Waals surface area contributed by atoms with Crippen LogP contribution in [0.15, 0.2) is 35.4 Å². The molecular weight excluding hydrogens is 306 g/mol. The molecule has 2 rings (SSSR count). The molecule has 0 aliphatic carbocycles. The largest absolute Gasteiger partial charge is 0.359 e. The summed E-state index contributed by atoms with van der Waals surface area (Å²) in [6.45, 7) is 1.97. The molecule has 0 unspecified atom stereocenters. The molecule has 10 heteroatoms. The minimum absolute atomic E-state index is 0.0819. The SMILES string of the molecule is CCNS(=O)(=O)c1ccccc1NC=C(C#N)c1nn[nH]n1. The Bertz CT molecular complexity index is 806. The number of rotatable bonds is 6. The van der Waals surface area contributed by atoms with Crippen molar-refractivity contribution in [1.29, 1.82) is 5.26 Å². The Kier molecular flexibility index (Phi) is 4.82. The first kappa shape index (κ1) is 15.6. The first-order valence-electron chi connectivity index (χ1n) is 6.27. The summed E-state index contributed by atoms with van der Waals surface area (Å²) in [7, 11) is -3.62. The van der Waals surface area contributed by atoms with E-state index >= 15 is 0 Å². The third-order valence-electron chi connectivity index (χ3n) is 2.59. The second-order valence-electron chi connectivity index (χ2n) is 4.05. The zero-order valence-corrected chi connectivity index (χ0v) is 12.4. The highest BCUT2D eigenvalue weighted by Gasteiger charge is 2.16. The van der Waals surface area contributed by atoms with Crippen LogP contribution in [0.5, 0.6) is 0 Å². The molecule has 0 aliphatic rings. The molecular formula is C12H13N7O2S. The normalized spacial score (nSPS) is 11.9. The number of tetrazole rings is 1. The van der Waals surface area contributed by atoms with Crippen LogP contribution in [-0.4, -0.2) is 35.6 Å². The minimum Gasteiger partial charge on any atom is -0.359 e. The Morgan fingerprint density at radius 1 is 1.45 bits per heavy atom. The van der Waals surface area contributed by atoms with Gasteiger partial charge < -0.3 is 5.32 Å². The number of H-pyrrole nitrogens is 1. The van der Waals surface area contributed by atoms with Crippen LogP contribution < -0.4 is 10.0 Å². The summed E-state index contributed by atoms with van der Waals surface area (Å²) in [6, 6.07) is 8.26. The number of para-hydroxylation sites is 1. The van der Waals surface area contributed by atoms with Crippen molar-refractivity contribution in [2.75, 3.05) is 11.9 Å². The number of sulfonamides is 1. The van der Waals surface area contributed by atoms with E-state index in [0.29, 0.717) is 5.69 Å². The second-order valence-corrected chi connectivity index (χ2v) is 5.78. The second kappa shape index (κ2) is 6.79. The average molecular weight is 319 g/mol. The lowest BCUT2D eigenvalue weighted by Crippen LogP contribution is -2.23. The van der Waals surface area contributed by atoms with Gasteiger partial charge in [0.05, 0.1) is 5.69 Å². The molecule has 0 aliphatic heterocycles. The highest BCUT2D eigenvalue weighted by Crippen LogP contribution is 2.21. The molecule has 1 aromatic heterocycles. The first-order chi connectivity index (χ1) is 10.6. The van der Waals surface area contributed by atoms with Crippen LogP contribution in [0.4, 0.5) is 5.69 Å². The van der Waals surface area contributed by atoms with Crippen molar-refractivity contribution in [3.8, 4) is 6.07 Å². The number of benzene rings is 1. The molecule has 0 bridgehead atoms. The van der Waals surface area contributed by atoms with Crippen molar-refractivity contribution >= 4 is 21.3 Å². The van der Waals surface area contributed by atoms with Crippen LogP contribution >= 0.6 is 0 Å². The summed E-state index contributed by atoms with van der Waals surface area (Å²) in [6.07, 6.45) is 1.32. The van der Waals surface area contributed by atoms with Gasteiger partial charge in [-0.1, -0.05) is 19.1 Å². The summed E-state index contributed by atoms with van der Waals surface area (Å²) in [5.41, 5.74) is 0.448. The summed E-state index contributed by atoms with van der Waals surface area (Å²) in [4.78, 5) is 0.0819. The standard InChI is InChI=1S/C12H13N7O2S/c1-2-15-22(20,21)11-6-4-3-5-10(11)14-8-9(7-13)12-16-18-19-17-12/h3-6,8,14-15H,2H2,1H3,(H,16,17,18,19). The van der Waals surface area contributed by atoms with Gasteiger partial charge in [0.1, 0.15) is 16.5 Å². The van der Waals surface area contributed by atoms with E-state index in [4.69, 9.17) is 5.26 Å². The lowest BCUT2D eigenvalue weighted by Gasteiger charge is -2.10. The minimum atomic E-state index is -3.62. The van der Waals surface area contributed by atoms with Crippen LogP contribution in [0.3, 0.4) is 0 Å². The van der Waals surface area contributed by atoms with Crippen LogP contribution in [0.2, 0.25) is 0 Å². The van der Waals surface area contributed by atoms with E-state index in [1.54, 1.807) is 25.1 Å². The summed E-state index contributed by atoms with van der Waals surface area (Å²) >= 11 is 0. The molecule has 0 spiro atoms. The lowest BCUT2D eigenvalue weighted by molar-refractivity contribution is 0.584. The monoisotopic (exact) mass is 319 g/mol. The smallest absolute Gasteiger partial charge is 0.242 e. The van der Waals surface area contributed by atoms with E-state index < -0.39 is 10.0 Å². The predicted octanol–water partition coefficient (Wildman–Crippen LogP) is 0.474. The van der Waals surface area contributed by atoms with Gasteiger partial charge in [0.15, 0.2) is 0 Å². The van der Waals surface area contributed by atoms with Gasteiger partial charge in [-0.05, 0) is 17.3 Å². The van der Waals surface area contributed by atoms with Crippen molar-refractivity contribution in [2.24, 2.45) is 0 Å². The van der Waals surface area contributed by atoms with E-state index in [-0.39, 0.29) is 22.8 Å². The number of nitrogens with zero attached hydrogens (tertiary/aromatic N) is 4. The van der Waals surface area contributed by atoms with Crippen LogP contribution in [-0.2, 0) is 10.0 Å². The molecule has 0 fully saturated rings. The fourth-order valence-electron chi connectivity index (χ4n) is 1.66. The summed E-state index contributed by atoms with van der Waals surface area (Å²) < 4.78 is 26.7. The molecule has 0 atom stereocenters. The van der Waals surface area contributed by atoms with Gasteiger partial charge >= 0.3 is 0 Å². The molecule has 0 saturated carbocycles. The molecule has 1 heterocycles. The van der Waals surface area contributed by atoms with Gasteiger partial charge in [-0.2, -0.15) is 10.5 Å². The van der Waals surface area contributed by atoms with Gasteiger partial charge in [0.2, 0.25) is 15.8 Å². The topological polar surface area (TPSA) is 136 Å². The molecule has 1 aromatic carbocycles. The fraction of sp³-hybridized carbons (Fsp3) is 0.167. The van der Waals surface area contributed by atoms with Crippen LogP contribution in [0.1, 0.15) is 12.7 Å².